The van der Waals surface area contributed by atoms with E-state index in [0.29, 0.717) is 29.2 Å². The third-order valence-electron chi connectivity index (χ3n) is 4.09. The normalized spacial score (nSPS) is 12.7. The highest BCUT2D eigenvalue weighted by Gasteiger charge is 2.18. The number of hydrogen-bond donors (Lipinski definition) is 0. The lowest BCUT2D eigenvalue weighted by Gasteiger charge is -2.12. The summed E-state index contributed by atoms with van der Waals surface area (Å²) in [5, 5.41) is 0. The molecule has 3 aromatic carbocycles. The van der Waals surface area contributed by atoms with Crippen LogP contribution in [0, 0.1) is 0 Å². The van der Waals surface area contributed by atoms with Gasteiger partial charge in [0, 0.05) is 5.56 Å². The van der Waals surface area contributed by atoms with Gasteiger partial charge in [0.05, 0.1) is 5.56 Å². The summed E-state index contributed by atoms with van der Waals surface area (Å²) in [6.45, 7) is 0.308. The zero-order valence-corrected chi connectivity index (χ0v) is 13.3. The molecule has 0 N–H and O–H groups in total. The quantitative estimate of drug-likeness (QED) is 0.380. The summed E-state index contributed by atoms with van der Waals surface area (Å²) in [5.41, 5.74) is 3.63. The van der Waals surface area contributed by atoms with Gasteiger partial charge >= 0.3 is 5.97 Å². The van der Waals surface area contributed by atoms with Crippen LogP contribution in [-0.2, 0) is 6.61 Å². The number of carbonyl (C=O) groups excluding carboxylic acids is 2. The Kier molecular flexibility index (Phi) is 3.78. The lowest BCUT2D eigenvalue weighted by atomic mass is 9.98. The van der Waals surface area contributed by atoms with E-state index in [1.807, 2.05) is 36.4 Å². The maximum absolute atomic E-state index is 12.7. The van der Waals surface area contributed by atoms with Crippen LogP contribution < -0.4 is 9.47 Å². The fourth-order valence-electron chi connectivity index (χ4n) is 2.85. The second kappa shape index (κ2) is 6.24. The number of carbonyl (C=O) groups is 2. The van der Waals surface area contributed by atoms with Crippen LogP contribution in [0.4, 0.5) is 0 Å². The van der Waals surface area contributed by atoms with Crippen molar-refractivity contribution in [2.75, 3.05) is 0 Å². The van der Waals surface area contributed by atoms with E-state index < -0.39 is 5.97 Å². The number of hydrogen-bond acceptors (Lipinski definition) is 4. The van der Waals surface area contributed by atoms with Crippen LogP contribution in [0.2, 0.25) is 0 Å². The first-order valence-corrected chi connectivity index (χ1v) is 7.87. The van der Waals surface area contributed by atoms with Gasteiger partial charge in [0.1, 0.15) is 12.9 Å². The van der Waals surface area contributed by atoms with E-state index in [-0.39, 0.29) is 0 Å². The van der Waals surface area contributed by atoms with Crippen LogP contribution in [0.15, 0.2) is 66.7 Å². The first kappa shape index (κ1) is 15.1. The Hall–Kier alpha value is -3.40. The summed E-state index contributed by atoms with van der Waals surface area (Å²) in [5.74, 6) is 0.190. The van der Waals surface area contributed by atoms with Gasteiger partial charge in [-0.2, -0.15) is 0 Å². The molecule has 0 aliphatic carbocycles. The number of aldehydes is 1. The van der Waals surface area contributed by atoms with Gasteiger partial charge in [0.15, 0.2) is 11.5 Å². The molecule has 0 aromatic heterocycles. The van der Waals surface area contributed by atoms with Crippen LogP contribution in [0.1, 0.15) is 26.3 Å². The second-order valence-electron chi connectivity index (χ2n) is 5.75. The monoisotopic (exact) mass is 330 g/mol. The Morgan fingerprint density at radius 1 is 0.840 bits per heavy atom. The van der Waals surface area contributed by atoms with Gasteiger partial charge in [0.2, 0.25) is 0 Å². The van der Waals surface area contributed by atoms with E-state index in [1.165, 1.54) is 0 Å². The molecule has 25 heavy (non-hydrogen) atoms. The Morgan fingerprint density at radius 3 is 2.52 bits per heavy atom. The van der Waals surface area contributed by atoms with E-state index in [2.05, 4.69) is 0 Å². The summed E-state index contributed by atoms with van der Waals surface area (Å²) >= 11 is 0. The van der Waals surface area contributed by atoms with Crippen LogP contribution in [0.3, 0.4) is 0 Å². The molecular formula is C21H14O4. The molecular weight excluding hydrogens is 316 g/mol. The molecule has 4 nitrogen and oxygen atoms in total. The molecule has 1 aliphatic rings. The zero-order valence-electron chi connectivity index (χ0n) is 13.3. The molecule has 0 atom stereocenters. The van der Waals surface area contributed by atoms with Gasteiger partial charge in [-0.1, -0.05) is 36.4 Å². The van der Waals surface area contributed by atoms with Gasteiger partial charge < -0.3 is 9.47 Å². The lowest BCUT2D eigenvalue weighted by molar-refractivity contribution is 0.0728. The third kappa shape index (κ3) is 2.90. The van der Waals surface area contributed by atoms with Crippen molar-refractivity contribution in [3.63, 3.8) is 0 Å². The molecule has 0 saturated carbocycles. The fraction of sp³-hybridized carbons (Fsp3) is 0.0476. The standard InChI is InChI=1S/C21H14O4/c22-12-14-8-9-19-20(11-14)24-13-15-4-3-5-16(10-15)17-6-1-2-7-18(17)21(23)25-19/h1-12H,13H2. The molecule has 0 fully saturated rings. The average molecular weight is 330 g/mol. The van der Waals surface area contributed by atoms with Crippen molar-refractivity contribution >= 4 is 12.3 Å². The van der Waals surface area contributed by atoms with Crippen LogP contribution in [0.5, 0.6) is 11.5 Å². The molecule has 4 rings (SSSR count). The number of benzene rings is 3. The Labute approximate surface area is 144 Å². The first-order chi connectivity index (χ1) is 12.2. The smallest absolute Gasteiger partial charge is 0.344 e. The Bertz CT molecular complexity index is 975. The lowest BCUT2D eigenvalue weighted by Crippen LogP contribution is -2.10. The third-order valence-corrected chi connectivity index (χ3v) is 4.09. The van der Waals surface area contributed by atoms with Gasteiger partial charge in [0.25, 0.3) is 0 Å². The van der Waals surface area contributed by atoms with E-state index in [1.54, 1.807) is 30.3 Å². The van der Waals surface area contributed by atoms with Crippen LogP contribution >= 0.6 is 0 Å². The number of rotatable bonds is 1. The number of esters is 1. The molecule has 0 saturated heterocycles. The molecule has 1 aliphatic heterocycles. The molecule has 1 heterocycles. The molecule has 122 valence electrons. The van der Waals surface area contributed by atoms with Gasteiger partial charge in [-0.05, 0) is 47.0 Å². The largest absolute Gasteiger partial charge is 0.485 e. The van der Waals surface area contributed by atoms with Crippen molar-refractivity contribution in [2.24, 2.45) is 0 Å². The van der Waals surface area contributed by atoms with Gasteiger partial charge in [-0.3, -0.25) is 4.79 Å². The highest BCUT2D eigenvalue weighted by Crippen LogP contribution is 2.32. The highest BCUT2D eigenvalue weighted by atomic mass is 16.6. The molecule has 0 spiro atoms. The van der Waals surface area contributed by atoms with Crippen LogP contribution in [0.25, 0.3) is 11.1 Å². The molecule has 3 aromatic rings. The molecule has 0 amide bonds. The van der Waals surface area contributed by atoms with Crippen LogP contribution in [-0.4, -0.2) is 12.3 Å². The minimum Gasteiger partial charge on any atom is -0.485 e. The SMILES string of the molecule is O=Cc1ccc2c(c1)OCc1cccc(c1)-c1ccccc1C(=O)O2. The minimum absolute atomic E-state index is 0.292. The van der Waals surface area contributed by atoms with Crippen molar-refractivity contribution in [1.29, 1.82) is 0 Å². The zero-order chi connectivity index (χ0) is 17.2. The summed E-state index contributed by atoms with van der Waals surface area (Å²) in [4.78, 5) is 23.7. The molecule has 0 unspecified atom stereocenters. The van der Waals surface area contributed by atoms with Gasteiger partial charge in [-0.15, -0.1) is 0 Å². The van der Waals surface area contributed by atoms with E-state index >= 15 is 0 Å². The minimum atomic E-state index is -0.466. The second-order valence-corrected chi connectivity index (χ2v) is 5.75. The molecule has 4 heteroatoms. The van der Waals surface area contributed by atoms with Gasteiger partial charge in [-0.25, -0.2) is 4.79 Å². The van der Waals surface area contributed by atoms with E-state index in [4.69, 9.17) is 9.47 Å². The van der Waals surface area contributed by atoms with Crippen molar-refractivity contribution in [1.82, 2.24) is 0 Å². The van der Waals surface area contributed by atoms with E-state index in [9.17, 15) is 9.59 Å². The van der Waals surface area contributed by atoms with Crippen molar-refractivity contribution < 1.29 is 19.1 Å². The molecule has 0 radical (unpaired) electrons. The average Bonchev–Trinajstić information content (AvgIpc) is 2.68. The Morgan fingerprint density at radius 2 is 1.68 bits per heavy atom. The maximum Gasteiger partial charge on any atom is 0.344 e. The maximum atomic E-state index is 12.7. The topological polar surface area (TPSA) is 52.6 Å². The summed E-state index contributed by atoms with van der Waals surface area (Å²) in [6.07, 6.45) is 0.729. The fourth-order valence-corrected chi connectivity index (χ4v) is 2.85. The predicted octanol–water partition coefficient (Wildman–Crippen LogP) is 4.28. The summed E-state index contributed by atoms with van der Waals surface area (Å²) < 4.78 is 11.4. The van der Waals surface area contributed by atoms with Crippen molar-refractivity contribution in [2.45, 2.75) is 6.61 Å². The first-order valence-electron chi connectivity index (χ1n) is 7.87. The summed E-state index contributed by atoms with van der Waals surface area (Å²) in [7, 11) is 0. The summed E-state index contributed by atoms with van der Waals surface area (Å²) in [6, 6.07) is 19.9. The predicted molar refractivity (Wildman–Crippen MR) is 93.0 cm³/mol. The molecule has 2 bridgehead atoms. The van der Waals surface area contributed by atoms with Crippen molar-refractivity contribution in [3.8, 4) is 22.6 Å². The number of fused-ring (bicyclic) bond motifs is 5. The number of ether oxygens (including phenoxy) is 2. The van der Waals surface area contributed by atoms with Crippen molar-refractivity contribution in [3.05, 3.63) is 83.4 Å². The highest BCUT2D eigenvalue weighted by molar-refractivity contribution is 5.98. The van der Waals surface area contributed by atoms with E-state index in [0.717, 1.165) is 23.0 Å². The Balaban J connectivity index is 1.89.